The zero-order valence-corrected chi connectivity index (χ0v) is 17.4. The van der Waals surface area contributed by atoms with Gasteiger partial charge in [0.25, 0.3) is 5.56 Å². The van der Waals surface area contributed by atoms with Crippen LogP contribution in [0, 0.1) is 0 Å². The molecule has 7 heteroatoms. The molecule has 0 amide bonds. The lowest BCUT2D eigenvalue weighted by atomic mass is 9.87. The first kappa shape index (κ1) is 20.2. The Labute approximate surface area is 168 Å². The number of halogens is 1. The molecule has 0 aliphatic heterocycles. The zero-order valence-electron chi connectivity index (χ0n) is 15.8. The van der Waals surface area contributed by atoms with Gasteiger partial charge in [0.1, 0.15) is 0 Å². The Kier molecular flexibility index (Phi) is 5.37. The van der Waals surface area contributed by atoms with Crippen LogP contribution >= 0.6 is 11.6 Å². The van der Waals surface area contributed by atoms with Crippen molar-refractivity contribution in [2.75, 3.05) is 0 Å². The molecule has 1 heterocycles. The lowest BCUT2D eigenvalue weighted by molar-refractivity contribution is 0.590. The predicted molar refractivity (Wildman–Crippen MR) is 112 cm³/mol. The molecule has 0 fully saturated rings. The summed E-state index contributed by atoms with van der Waals surface area (Å²) in [6.07, 6.45) is 1.66. The van der Waals surface area contributed by atoms with Crippen molar-refractivity contribution in [2.45, 2.75) is 31.1 Å². The third-order valence-electron chi connectivity index (χ3n) is 4.35. The Morgan fingerprint density at radius 2 is 1.54 bits per heavy atom. The van der Waals surface area contributed by atoms with Crippen molar-refractivity contribution in [3.05, 3.63) is 85.6 Å². The van der Waals surface area contributed by atoms with Crippen molar-refractivity contribution >= 4 is 32.9 Å². The number of H-pyrrole nitrogens is 2. The Hall–Kier alpha value is -2.57. The van der Waals surface area contributed by atoms with E-state index in [4.69, 9.17) is 11.6 Å². The fraction of sp³-hybridized carbons (Fsp3) is 0.190. The molecule has 1 aromatic heterocycles. The smallest absolute Gasteiger partial charge is 0.271 e. The Balaban J connectivity index is 2.09. The van der Waals surface area contributed by atoms with E-state index >= 15 is 0 Å². The van der Waals surface area contributed by atoms with Gasteiger partial charge in [-0.15, -0.1) is 0 Å². The Bertz CT molecular complexity index is 1260. The molecule has 0 aliphatic carbocycles. The number of sulfone groups is 1. The molecule has 5 nitrogen and oxygen atoms in total. The lowest BCUT2D eigenvalue weighted by Crippen LogP contribution is -2.34. The first-order valence-corrected chi connectivity index (χ1v) is 10.6. The lowest BCUT2D eigenvalue weighted by Gasteiger charge is -2.18. The van der Waals surface area contributed by atoms with E-state index in [1.165, 1.54) is 29.8 Å². The van der Waals surface area contributed by atoms with Gasteiger partial charge in [0.15, 0.2) is 0 Å². The molecule has 0 saturated carbocycles. The number of nitrogens with one attached hydrogen (secondary N) is 2. The van der Waals surface area contributed by atoms with Crippen molar-refractivity contribution < 1.29 is 8.42 Å². The maximum Gasteiger partial charge on any atom is 0.271 e. The minimum atomic E-state index is -3.75. The van der Waals surface area contributed by atoms with E-state index in [1.807, 2.05) is 24.3 Å². The molecule has 0 saturated heterocycles. The van der Waals surface area contributed by atoms with Crippen molar-refractivity contribution in [3.8, 4) is 0 Å². The molecule has 0 radical (unpaired) electrons. The fourth-order valence-electron chi connectivity index (χ4n) is 2.71. The molecule has 0 spiro atoms. The minimum Gasteiger partial charge on any atom is -0.297 e. The van der Waals surface area contributed by atoms with Gasteiger partial charge in [-0.1, -0.05) is 56.6 Å². The van der Waals surface area contributed by atoms with Gasteiger partial charge in [0.05, 0.1) is 20.9 Å². The van der Waals surface area contributed by atoms with Crippen LogP contribution in [-0.4, -0.2) is 18.6 Å². The maximum atomic E-state index is 12.6. The van der Waals surface area contributed by atoms with Gasteiger partial charge in [-0.2, -0.15) is 0 Å². The van der Waals surface area contributed by atoms with E-state index in [0.29, 0.717) is 5.02 Å². The second-order valence-corrected chi connectivity index (χ2v) is 9.77. The van der Waals surface area contributed by atoms with Gasteiger partial charge < -0.3 is 0 Å². The van der Waals surface area contributed by atoms with Crippen LogP contribution in [0.2, 0.25) is 5.02 Å². The summed E-state index contributed by atoms with van der Waals surface area (Å²) < 4.78 is 25.3. The quantitative estimate of drug-likeness (QED) is 0.688. The molecular weight excluding hydrogens is 396 g/mol. The molecular formula is C21H21ClN2O3S. The van der Waals surface area contributed by atoms with E-state index in [9.17, 15) is 13.2 Å². The molecule has 3 rings (SSSR count). The maximum absolute atomic E-state index is 12.6. The average molecular weight is 417 g/mol. The monoisotopic (exact) mass is 416 g/mol. The second kappa shape index (κ2) is 7.45. The molecule has 146 valence electrons. The minimum absolute atomic E-state index is 0.0235. The Morgan fingerprint density at radius 3 is 2.11 bits per heavy atom. The van der Waals surface area contributed by atoms with Crippen LogP contribution in [0.1, 0.15) is 31.9 Å². The molecule has 2 aromatic carbocycles. The van der Waals surface area contributed by atoms with E-state index in [2.05, 4.69) is 31.0 Å². The van der Waals surface area contributed by atoms with Gasteiger partial charge in [-0.3, -0.25) is 15.0 Å². The van der Waals surface area contributed by atoms with Crippen LogP contribution in [0.4, 0.5) is 0 Å². The van der Waals surface area contributed by atoms with Crippen LogP contribution < -0.4 is 16.1 Å². The summed E-state index contributed by atoms with van der Waals surface area (Å²) >= 11 is 5.82. The summed E-state index contributed by atoms with van der Waals surface area (Å²) in [7, 11) is -3.75. The summed E-state index contributed by atoms with van der Waals surface area (Å²) in [5.74, 6) is 0. The summed E-state index contributed by atoms with van der Waals surface area (Å²) in [5, 5.41) is 7.02. The number of hydrogen-bond acceptors (Lipinski definition) is 3. The number of benzene rings is 2. The van der Waals surface area contributed by atoms with Crippen molar-refractivity contribution in [2.24, 2.45) is 0 Å². The zero-order chi connectivity index (χ0) is 20.5. The van der Waals surface area contributed by atoms with Gasteiger partial charge in [-0.25, -0.2) is 8.42 Å². The summed E-state index contributed by atoms with van der Waals surface area (Å²) in [4.78, 5) is 12.3. The van der Waals surface area contributed by atoms with Crippen molar-refractivity contribution in [1.82, 2.24) is 10.2 Å². The van der Waals surface area contributed by atoms with E-state index < -0.39 is 15.4 Å². The second-order valence-electron chi connectivity index (χ2n) is 7.54. The summed E-state index contributed by atoms with van der Waals surface area (Å²) in [6.45, 7) is 6.37. The molecule has 0 aliphatic rings. The normalized spacial score (nSPS) is 13.9. The first-order chi connectivity index (χ1) is 13.1. The molecule has 3 aromatic rings. The highest BCUT2D eigenvalue weighted by Crippen LogP contribution is 2.22. The number of rotatable bonds is 3. The highest BCUT2D eigenvalue weighted by molar-refractivity contribution is 7.98. The average Bonchev–Trinajstić information content (AvgIpc) is 2.94. The molecule has 0 atom stereocenters. The number of aromatic amines is 2. The summed E-state index contributed by atoms with van der Waals surface area (Å²) in [6, 6.07) is 13.7. The van der Waals surface area contributed by atoms with Crippen LogP contribution in [0.3, 0.4) is 0 Å². The van der Waals surface area contributed by atoms with E-state index in [0.717, 1.165) is 11.0 Å². The van der Waals surface area contributed by atoms with E-state index in [-0.39, 0.29) is 20.9 Å². The highest BCUT2D eigenvalue weighted by atomic mass is 35.5. The van der Waals surface area contributed by atoms with Crippen LogP contribution in [0.15, 0.2) is 58.2 Å². The number of hydrogen-bond donors (Lipinski definition) is 2. The van der Waals surface area contributed by atoms with Gasteiger partial charge >= 0.3 is 0 Å². The Morgan fingerprint density at radius 1 is 0.929 bits per heavy atom. The van der Waals surface area contributed by atoms with Gasteiger partial charge in [0.2, 0.25) is 9.84 Å². The van der Waals surface area contributed by atoms with Crippen molar-refractivity contribution in [1.29, 1.82) is 0 Å². The third-order valence-corrected chi connectivity index (χ3v) is 6.08. The fourth-order valence-corrected chi connectivity index (χ4v) is 3.98. The van der Waals surface area contributed by atoms with E-state index in [1.54, 1.807) is 6.08 Å². The molecule has 2 N–H and O–H groups in total. The number of aromatic nitrogens is 2. The topological polar surface area (TPSA) is 82.8 Å². The van der Waals surface area contributed by atoms with Crippen LogP contribution in [-0.2, 0) is 15.3 Å². The molecule has 0 unspecified atom stereocenters. The largest absolute Gasteiger partial charge is 0.297 e. The van der Waals surface area contributed by atoms with Gasteiger partial charge in [0, 0.05) is 5.02 Å². The molecule has 0 bridgehead atoms. The molecule has 28 heavy (non-hydrogen) atoms. The third kappa shape index (κ3) is 4.46. The standard InChI is InChI=1S/C21H21ClN2O3S/c1-21(2,3)15-6-4-14(5-7-15)12-18-19(23-24-20(18)25)13-28(26,27)17-10-8-16(22)9-11-17/h4-13,23H,1-3H3,(H,24,25)/b18-12+,19-13-. The first-order valence-electron chi connectivity index (χ1n) is 8.68. The highest BCUT2D eigenvalue weighted by Gasteiger charge is 2.13. The van der Waals surface area contributed by atoms with Crippen LogP contribution in [0.25, 0.3) is 11.5 Å². The van der Waals surface area contributed by atoms with Gasteiger partial charge in [-0.05, 0) is 46.9 Å². The predicted octanol–water partition coefficient (Wildman–Crippen LogP) is 2.69. The summed E-state index contributed by atoms with van der Waals surface area (Å²) in [5.41, 5.74) is 1.61. The SMILES string of the molecule is CC(C)(C)c1ccc(/C=c2/c(=O)[nH][nH]/c2=C\S(=O)(=O)c2ccc(Cl)cc2)cc1. The van der Waals surface area contributed by atoms with Crippen LogP contribution in [0.5, 0.6) is 0 Å². The van der Waals surface area contributed by atoms with Crippen molar-refractivity contribution in [3.63, 3.8) is 0 Å².